The number of hydrogen-bond acceptors (Lipinski definition) is 4. The fourth-order valence-corrected chi connectivity index (χ4v) is 0.607. The van der Waals surface area contributed by atoms with Crippen molar-refractivity contribution in [1.82, 2.24) is 10.2 Å². The second kappa shape index (κ2) is 5.17. The number of rotatable bonds is 5. The Morgan fingerprint density at radius 3 is 2.58 bits per heavy atom. The third-order valence-electron chi connectivity index (χ3n) is 1.37. The molecule has 0 spiro atoms. The van der Waals surface area contributed by atoms with E-state index in [1.165, 1.54) is 11.9 Å². The Kier molecular flexibility index (Phi) is 4.52. The molecule has 0 rings (SSSR count). The van der Waals surface area contributed by atoms with E-state index in [0.717, 1.165) is 6.29 Å². The van der Waals surface area contributed by atoms with Crippen molar-refractivity contribution >= 4 is 12.7 Å². The molecule has 3 N–H and O–H groups in total. The Balaban J connectivity index is 4.23. The Labute approximate surface area is 71.2 Å². The third kappa shape index (κ3) is 3.05. The van der Waals surface area contributed by atoms with Crippen molar-refractivity contribution in [3.05, 3.63) is 11.5 Å². The maximum absolute atomic E-state index is 10.2. The van der Waals surface area contributed by atoms with Crippen molar-refractivity contribution in [3.8, 4) is 0 Å². The first-order valence-corrected chi connectivity index (χ1v) is 3.45. The number of nitrogens with zero attached hydrogens (tertiary/aromatic N) is 1. The van der Waals surface area contributed by atoms with Crippen LogP contribution in [0.25, 0.3) is 0 Å². The van der Waals surface area contributed by atoms with Crippen molar-refractivity contribution in [2.24, 2.45) is 5.73 Å². The molecular formula is C7H13N3O2. The number of nitrogens with two attached hydrogens (primary N) is 1. The second-order valence-electron chi connectivity index (χ2n) is 2.27. The fraction of sp³-hybridized carbons (Fsp3) is 0.429. The Hall–Kier alpha value is -1.52. The maximum atomic E-state index is 10.2. The average molecular weight is 171 g/mol. The van der Waals surface area contributed by atoms with E-state index in [9.17, 15) is 9.59 Å². The van der Waals surface area contributed by atoms with Gasteiger partial charge in [-0.15, -0.1) is 0 Å². The van der Waals surface area contributed by atoms with E-state index >= 15 is 0 Å². The zero-order valence-corrected chi connectivity index (χ0v) is 7.20. The quantitative estimate of drug-likeness (QED) is 0.521. The molecule has 0 aromatic rings. The van der Waals surface area contributed by atoms with Gasteiger partial charge in [-0.3, -0.25) is 4.79 Å². The molecule has 12 heavy (non-hydrogen) atoms. The molecule has 0 atom stereocenters. The van der Waals surface area contributed by atoms with Crippen LogP contribution in [0.1, 0.15) is 6.92 Å². The molecule has 5 heteroatoms. The first-order chi connectivity index (χ1) is 5.63. The summed E-state index contributed by atoms with van der Waals surface area (Å²) in [5.41, 5.74) is 6.12. The lowest BCUT2D eigenvalue weighted by molar-refractivity contribution is -0.115. The Morgan fingerprint density at radius 1 is 1.58 bits per heavy atom. The van der Waals surface area contributed by atoms with Crippen molar-refractivity contribution < 1.29 is 9.59 Å². The van der Waals surface area contributed by atoms with Gasteiger partial charge < -0.3 is 20.7 Å². The highest BCUT2D eigenvalue weighted by Crippen LogP contribution is 1.95. The lowest BCUT2D eigenvalue weighted by Crippen LogP contribution is -2.28. The molecule has 0 saturated heterocycles. The summed E-state index contributed by atoms with van der Waals surface area (Å²) in [6.07, 6.45) is 1.32. The van der Waals surface area contributed by atoms with Gasteiger partial charge in [0.05, 0.1) is 6.54 Å². The molecule has 0 aliphatic carbocycles. The molecule has 0 aromatic carbocycles. The third-order valence-corrected chi connectivity index (χ3v) is 1.37. The summed E-state index contributed by atoms with van der Waals surface area (Å²) < 4.78 is 0. The van der Waals surface area contributed by atoms with Crippen LogP contribution in [0.5, 0.6) is 0 Å². The van der Waals surface area contributed by atoms with Gasteiger partial charge in [-0.05, 0) is 6.92 Å². The summed E-state index contributed by atoms with van der Waals surface area (Å²) in [5, 5.41) is 2.73. The minimum Gasteiger partial charge on any atom is -0.384 e. The number of hydrogen-bond donors (Lipinski definition) is 2. The summed E-state index contributed by atoms with van der Waals surface area (Å²) in [4.78, 5) is 21.4. The van der Waals surface area contributed by atoms with Crippen LogP contribution in [0.4, 0.5) is 0 Å². The normalized spacial score (nSPS) is 11.5. The SMILES string of the molecule is C/C(NCC=O)=C(/N)N(C)C=O. The Morgan fingerprint density at radius 2 is 2.17 bits per heavy atom. The summed E-state index contributed by atoms with van der Waals surface area (Å²) in [6.45, 7) is 1.89. The van der Waals surface area contributed by atoms with Gasteiger partial charge in [0, 0.05) is 12.7 Å². The van der Waals surface area contributed by atoms with Gasteiger partial charge in [-0.2, -0.15) is 0 Å². The molecule has 0 unspecified atom stereocenters. The average Bonchev–Trinajstić information content (AvgIpc) is 2.11. The molecule has 0 radical (unpaired) electrons. The second-order valence-corrected chi connectivity index (χ2v) is 2.27. The Bertz CT molecular complexity index is 201. The number of carbonyl (C=O) groups excluding carboxylic acids is 2. The summed E-state index contributed by atoms with van der Waals surface area (Å²) >= 11 is 0. The van der Waals surface area contributed by atoms with Gasteiger partial charge in [-0.25, -0.2) is 0 Å². The van der Waals surface area contributed by atoms with E-state index in [-0.39, 0.29) is 6.54 Å². The summed E-state index contributed by atoms with van der Waals surface area (Å²) in [6, 6.07) is 0. The molecule has 0 bridgehead atoms. The van der Waals surface area contributed by atoms with E-state index in [1.807, 2.05) is 0 Å². The monoisotopic (exact) mass is 171 g/mol. The minimum absolute atomic E-state index is 0.194. The largest absolute Gasteiger partial charge is 0.384 e. The first-order valence-electron chi connectivity index (χ1n) is 3.45. The van der Waals surface area contributed by atoms with Crippen LogP contribution in [0.15, 0.2) is 11.5 Å². The van der Waals surface area contributed by atoms with Crippen molar-refractivity contribution in [2.75, 3.05) is 13.6 Å². The molecule has 0 aromatic heterocycles. The van der Waals surface area contributed by atoms with Gasteiger partial charge in [0.15, 0.2) is 0 Å². The highest BCUT2D eigenvalue weighted by molar-refractivity contribution is 5.53. The van der Waals surface area contributed by atoms with Gasteiger partial charge in [-0.1, -0.05) is 0 Å². The number of amides is 1. The topological polar surface area (TPSA) is 75.4 Å². The maximum Gasteiger partial charge on any atom is 0.215 e. The van der Waals surface area contributed by atoms with Crippen molar-refractivity contribution in [2.45, 2.75) is 6.92 Å². The fourth-order valence-electron chi connectivity index (χ4n) is 0.607. The highest BCUT2D eigenvalue weighted by atomic mass is 16.1. The van der Waals surface area contributed by atoms with E-state index in [1.54, 1.807) is 6.92 Å². The van der Waals surface area contributed by atoms with E-state index < -0.39 is 0 Å². The van der Waals surface area contributed by atoms with Crippen LogP contribution >= 0.6 is 0 Å². The van der Waals surface area contributed by atoms with E-state index in [0.29, 0.717) is 17.9 Å². The molecule has 1 amide bonds. The van der Waals surface area contributed by atoms with Crippen LogP contribution in [-0.4, -0.2) is 31.2 Å². The summed E-state index contributed by atoms with van der Waals surface area (Å²) in [5.74, 6) is 0.312. The zero-order valence-electron chi connectivity index (χ0n) is 7.20. The number of allylic oxidation sites excluding steroid dienone is 1. The van der Waals surface area contributed by atoms with E-state index in [2.05, 4.69) is 5.32 Å². The molecule has 0 fully saturated rings. The highest BCUT2D eigenvalue weighted by Gasteiger charge is 2.01. The predicted molar refractivity (Wildman–Crippen MR) is 44.8 cm³/mol. The standard InChI is InChI=1S/C7H13N3O2/c1-6(9-3-4-11)7(8)10(2)5-12/h4-5,9H,3,8H2,1-2H3/b7-6+. The van der Waals surface area contributed by atoms with Gasteiger partial charge in [0.1, 0.15) is 12.1 Å². The first kappa shape index (κ1) is 10.5. The summed E-state index contributed by atoms with van der Waals surface area (Å²) in [7, 11) is 1.54. The van der Waals surface area contributed by atoms with E-state index in [4.69, 9.17) is 5.73 Å². The number of carbonyl (C=O) groups is 2. The van der Waals surface area contributed by atoms with Crippen molar-refractivity contribution in [1.29, 1.82) is 0 Å². The molecule has 5 nitrogen and oxygen atoms in total. The molecule has 0 aliphatic rings. The minimum atomic E-state index is 0.194. The molecule has 68 valence electrons. The lowest BCUT2D eigenvalue weighted by Gasteiger charge is -2.14. The molecule has 0 saturated carbocycles. The molecule has 0 heterocycles. The van der Waals surface area contributed by atoms with Crippen molar-refractivity contribution in [3.63, 3.8) is 0 Å². The lowest BCUT2D eigenvalue weighted by atomic mass is 10.4. The predicted octanol–water partition coefficient (Wildman–Crippen LogP) is -0.989. The molecule has 0 aliphatic heterocycles. The number of nitrogens with one attached hydrogen (secondary N) is 1. The number of aldehydes is 1. The van der Waals surface area contributed by atoms with Gasteiger partial charge in [0.2, 0.25) is 6.41 Å². The van der Waals surface area contributed by atoms with Crippen LogP contribution in [-0.2, 0) is 9.59 Å². The van der Waals surface area contributed by atoms with Crippen LogP contribution < -0.4 is 11.1 Å². The van der Waals surface area contributed by atoms with Crippen LogP contribution in [0, 0.1) is 0 Å². The van der Waals surface area contributed by atoms with Gasteiger partial charge >= 0.3 is 0 Å². The van der Waals surface area contributed by atoms with Crippen LogP contribution in [0.2, 0.25) is 0 Å². The zero-order chi connectivity index (χ0) is 9.56. The van der Waals surface area contributed by atoms with Crippen LogP contribution in [0.3, 0.4) is 0 Å². The molecular weight excluding hydrogens is 158 g/mol. The van der Waals surface area contributed by atoms with Gasteiger partial charge in [0.25, 0.3) is 0 Å². The smallest absolute Gasteiger partial charge is 0.215 e.